The molecule has 0 aliphatic rings. The standard InChI is InChI=1S/C15H21NO4/c1-4-15(5-2,9-13(18)19)16-14(20)11-7-6-10(3)8-12(11)17/h6-8,17H,4-5,9H2,1-3H3,(H,16,20)(H,18,19). The van der Waals surface area contributed by atoms with E-state index >= 15 is 0 Å². The number of aryl methyl sites for hydroxylation is 1. The highest BCUT2D eigenvalue weighted by Crippen LogP contribution is 2.23. The predicted molar refractivity (Wildman–Crippen MR) is 75.9 cm³/mol. The molecule has 0 aromatic heterocycles. The van der Waals surface area contributed by atoms with E-state index in [9.17, 15) is 14.7 Å². The molecule has 20 heavy (non-hydrogen) atoms. The molecule has 1 rings (SSSR count). The third-order valence-electron chi connectivity index (χ3n) is 3.62. The molecule has 110 valence electrons. The normalized spacial score (nSPS) is 11.2. The van der Waals surface area contributed by atoms with Gasteiger partial charge in [-0.25, -0.2) is 0 Å². The van der Waals surface area contributed by atoms with Gasteiger partial charge in [-0.1, -0.05) is 19.9 Å². The first-order valence-electron chi connectivity index (χ1n) is 6.67. The number of amides is 1. The third-order valence-corrected chi connectivity index (χ3v) is 3.62. The van der Waals surface area contributed by atoms with Crippen molar-refractivity contribution in [3.05, 3.63) is 29.3 Å². The third kappa shape index (κ3) is 3.73. The highest BCUT2D eigenvalue weighted by Gasteiger charge is 2.31. The maximum atomic E-state index is 12.2. The van der Waals surface area contributed by atoms with Gasteiger partial charge in [-0.05, 0) is 37.5 Å². The van der Waals surface area contributed by atoms with Crippen molar-refractivity contribution in [1.29, 1.82) is 0 Å². The number of phenolic OH excluding ortho intramolecular Hbond substituents is 1. The number of rotatable bonds is 6. The summed E-state index contributed by atoms with van der Waals surface area (Å²) in [5.41, 5.74) is 0.217. The summed E-state index contributed by atoms with van der Waals surface area (Å²) in [6, 6.07) is 4.77. The van der Waals surface area contributed by atoms with Crippen molar-refractivity contribution in [1.82, 2.24) is 5.32 Å². The molecule has 1 aromatic carbocycles. The van der Waals surface area contributed by atoms with E-state index in [2.05, 4.69) is 5.32 Å². The van der Waals surface area contributed by atoms with Crippen LogP contribution in [0.25, 0.3) is 0 Å². The number of benzene rings is 1. The Morgan fingerprint density at radius 1 is 1.25 bits per heavy atom. The molecule has 0 bridgehead atoms. The maximum Gasteiger partial charge on any atom is 0.305 e. The molecule has 5 heteroatoms. The number of phenols is 1. The SMILES string of the molecule is CCC(CC)(CC(=O)O)NC(=O)c1ccc(C)cc1O. The Morgan fingerprint density at radius 3 is 2.30 bits per heavy atom. The second kappa shape index (κ2) is 6.41. The molecule has 0 atom stereocenters. The average molecular weight is 279 g/mol. The van der Waals surface area contributed by atoms with Crippen molar-refractivity contribution < 1.29 is 19.8 Å². The van der Waals surface area contributed by atoms with Crippen molar-refractivity contribution in [3.8, 4) is 5.75 Å². The van der Waals surface area contributed by atoms with Crippen LogP contribution in [0.2, 0.25) is 0 Å². The number of carboxylic acid groups (broad SMARTS) is 1. The van der Waals surface area contributed by atoms with Crippen LogP contribution in [0.1, 0.15) is 49.0 Å². The second-order valence-corrected chi connectivity index (χ2v) is 5.03. The topological polar surface area (TPSA) is 86.6 Å². The minimum atomic E-state index is -0.956. The number of carbonyl (C=O) groups excluding carboxylic acids is 1. The quantitative estimate of drug-likeness (QED) is 0.746. The van der Waals surface area contributed by atoms with Crippen LogP contribution in [-0.4, -0.2) is 27.6 Å². The molecule has 0 spiro atoms. The van der Waals surface area contributed by atoms with E-state index in [1.54, 1.807) is 6.07 Å². The number of aromatic hydroxyl groups is 1. The molecule has 1 aromatic rings. The number of hydrogen-bond donors (Lipinski definition) is 3. The van der Waals surface area contributed by atoms with E-state index in [-0.39, 0.29) is 17.7 Å². The van der Waals surface area contributed by atoms with Crippen LogP contribution in [0.15, 0.2) is 18.2 Å². The summed E-state index contributed by atoms with van der Waals surface area (Å²) in [5, 5.41) is 21.6. The highest BCUT2D eigenvalue weighted by atomic mass is 16.4. The van der Waals surface area contributed by atoms with Gasteiger partial charge in [0.15, 0.2) is 0 Å². The van der Waals surface area contributed by atoms with Gasteiger partial charge in [-0.15, -0.1) is 0 Å². The predicted octanol–water partition coefficient (Wildman–Crippen LogP) is 2.46. The van der Waals surface area contributed by atoms with Crippen LogP contribution in [0.4, 0.5) is 0 Å². The monoisotopic (exact) mass is 279 g/mol. The molecule has 5 nitrogen and oxygen atoms in total. The molecule has 0 saturated carbocycles. The average Bonchev–Trinajstić information content (AvgIpc) is 2.37. The zero-order valence-corrected chi connectivity index (χ0v) is 12.1. The summed E-state index contributed by atoms with van der Waals surface area (Å²) < 4.78 is 0. The van der Waals surface area contributed by atoms with E-state index < -0.39 is 17.4 Å². The van der Waals surface area contributed by atoms with E-state index in [1.165, 1.54) is 12.1 Å². The van der Waals surface area contributed by atoms with Gasteiger partial charge in [0.2, 0.25) is 0 Å². The molecule has 0 saturated heterocycles. The summed E-state index contributed by atoms with van der Waals surface area (Å²) in [6.07, 6.45) is 0.876. The van der Waals surface area contributed by atoms with Gasteiger partial charge in [0.05, 0.1) is 17.5 Å². The van der Waals surface area contributed by atoms with Crippen LogP contribution >= 0.6 is 0 Å². The largest absolute Gasteiger partial charge is 0.507 e. The van der Waals surface area contributed by atoms with Crippen molar-refractivity contribution >= 4 is 11.9 Å². The Labute approximate surface area is 118 Å². The second-order valence-electron chi connectivity index (χ2n) is 5.03. The Kier molecular flexibility index (Phi) is 5.13. The molecule has 0 aliphatic carbocycles. The number of hydrogen-bond acceptors (Lipinski definition) is 3. The summed E-state index contributed by atoms with van der Waals surface area (Å²) in [6.45, 7) is 5.48. The lowest BCUT2D eigenvalue weighted by molar-refractivity contribution is -0.138. The van der Waals surface area contributed by atoms with Gasteiger partial charge >= 0.3 is 5.97 Å². The van der Waals surface area contributed by atoms with E-state index in [0.717, 1.165) is 5.56 Å². The van der Waals surface area contributed by atoms with Gasteiger partial charge in [-0.2, -0.15) is 0 Å². The first-order chi connectivity index (χ1) is 9.33. The lowest BCUT2D eigenvalue weighted by atomic mass is 9.88. The fourth-order valence-electron chi connectivity index (χ4n) is 2.15. The molecular formula is C15H21NO4. The highest BCUT2D eigenvalue weighted by molar-refractivity contribution is 5.97. The summed E-state index contributed by atoms with van der Waals surface area (Å²) >= 11 is 0. The molecule has 0 aliphatic heterocycles. The molecule has 1 amide bonds. The van der Waals surface area contributed by atoms with Crippen molar-refractivity contribution in [2.75, 3.05) is 0 Å². The van der Waals surface area contributed by atoms with Gasteiger partial charge in [-0.3, -0.25) is 9.59 Å². The molecule has 0 radical (unpaired) electrons. The van der Waals surface area contributed by atoms with Crippen molar-refractivity contribution in [2.24, 2.45) is 0 Å². The van der Waals surface area contributed by atoms with Crippen molar-refractivity contribution in [2.45, 2.75) is 45.6 Å². The van der Waals surface area contributed by atoms with E-state index in [0.29, 0.717) is 12.8 Å². The minimum Gasteiger partial charge on any atom is -0.507 e. The maximum absolute atomic E-state index is 12.2. The van der Waals surface area contributed by atoms with Crippen LogP contribution in [0, 0.1) is 6.92 Å². The molecule has 0 heterocycles. The number of nitrogens with one attached hydrogen (secondary N) is 1. The zero-order chi connectivity index (χ0) is 15.3. The number of carbonyl (C=O) groups is 2. The Morgan fingerprint density at radius 2 is 1.85 bits per heavy atom. The van der Waals surface area contributed by atoms with Crippen LogP contribution < -0.4 is 5.32 Å². The van der Waals surface area contributed by atoms with Gasteiger partial charge in [0.25, 0.3) is 5.91 Å². The molecule has 0 fully saturated rings. The smallest absolute Gasteiger partial charge is 0.305 e. The first kappa shape index (κ1) is 16.0. The van der Waals surface area contributed by atoms with E-state index in [4.69, 9.17) is 5.11 Å². The summed E-state index contributed by atoms with van der Waals surface area (Å²) in [7, 11) is 0. The molecular weight excluding hydrogens is 258 g/mol. The summed E-state index contributed by atoms with van der Waals surface area (Å²) in [5.74, 6) is -1.51. The Balaban J connectivity index is 2.99. The minimum absolute atomic E-state index is 0.0982. The van der Waals surface area contributed by atoms with Crippen LogP contribution in [0.3, 0.4) is 0 Å². The van der Waals surface area contributed by atoms with Crippen LogP contribution in [-0.2, 0) is 4.79 Å². The summed E-state index contributed by atoms with van der Waals surface area (Å²) in [4.78, 5) is 23.2. The fraction of sp³-hybridized carbons (Fsp3) is 0.467. The van der Waals surface area contributed by atoms with Gasteiger partial charge < -0.3 is 15.5 Å². The zero-order valence-electron chi connectivity index (χ0n) is 12.1. The van der Waals surface area contributed by atoms with Gasteiger partial charge in [0.1, 0.15) is 5.75 Å². The Bertz CT molecular complexity index is 507. The number of carboxylic acids is 1. The number of aliphatic carboxylic acids is 1. The first-order valence-corrected chi connectivity index (χ1v) is 6.67. The molecule has 3 N–H and O–H groups in total. The van der Waals surface area contributed by atoms with Gasteiger partial charge in [0, 0.05) is 0 Å². The molecule has 0 unspecified atom stereocenters. The van der Waals surface area contributed by atoms with Crippen molar-refractivity contribution in [3.63, 3.8) is 0 Å². The lowest BCUT2D eigenvalue weighted by Gasteiger charge is -2.31. The Hall–Kier alpha value is -2.04. The lowest BCUT2D eigenvalue weighted by Crippen LogP contribution is -2.49. The van der Waals surface area contributed by atoms with E-state index in [1.807, 2.05) is 20.8 Å². The fourth-order valence-corrected chi connectivity index (χ4v) is 2.15. The van der Waals surface area contributed by atoms with Crippen LogP contribution in [0.5, 0.6) is 5.75 Å².